The molecule has 0 aliphatic heterocycles. The smallest absolute Gasteiger partial charge is 0.0628 e. The maximum absolute atomic E-state index is 13.5. The van der Waals surface area contributed by atoms with Crippen molar-refractivity contribution < 1.29 is 36.8 Å². The minimum absolute atomic E-state index is 0.148. The van der Waals surface area contributed by atoms with Crippen molar-refractivity contribution in [2.45, 2.75) is 201 Å². The summed E-state index contributed by atoms with van der Waals surface area (Å²) < 4.78 is 53.2. The Hall–Kier alpha value is -0.396. The Morgan fingerprint density at radius 1 is 0.565 bits per heavy atom. The molecule has 0 atom stereocenters. The van der Waals surface area contributed by atoms with Crippen molar-refractivity contribution >= 4 is 10.1 Å². The Kier molecular flexibility index (Phi) is 23.4. The fourth-order valence-corrected chi connectivity index (χ4v) is 9.10. The van der Waals surface area contributed by atoms with Gasteiger partial charge in [-0.2, -0.15) is 0 Å². The van der Waals surface area contributed by atoms with E-state index < -0.39 is 28.7 Å². The van der Waals surface area contributed by atoms with Crippen LogP contribution in [0.15, 0.2) is 11.0 Å². The SMILES string of the molecule is CC(C)CCCCCCCc1c(C(C)C)cc(S(=O)(=O)[O][Ti](=[O])[OH])c(CCCCCCCC(C)C)c1CCCCCCCC(C)C. The molecule has 268 valence electrons. The second kappa shape index (κ2) is 24.7. The Bertz CT molecular complexity index is 1080. The van der Waals surface area contributed by atoms with Gasteiger partial charge < -0.3 is 0 Å². The summed E-state index contributed by atoms with van der Waals surface area (Å²) in [5, 5.41) is 0. The molecule has 0 amide bonds. The van der Waals surface area contributed by atoms with E-state index in [0.717, 1.165) is 80.2 Å². The quantitative estimate of drug-likeness (QED) is 0.0695. The van der Waals surface area contributed by atoms with Crippen molar-refractivity contribution in [1.29, 1.82) is 0 Å². The van der Waals surface area contributed by atoms with Gasteiger partial charge in [-0.05, 0) is 11.8 Å². The molecule has 46 heavy (non-hydrogen) atoms. The van der Waals surface area contributed by atoms with Crippen LogP contribution in [0.4, 0.5) is 0 Å². The van der Waals surface area contributed by atoms with Gasteiger partial charge in [0.25, 0.3) is 0 Å². The first-order valence-electron chi connectivity index (χ1n) is 19.1. The van der Waals surface area contributed by atoms with Gasteiger partial charge in [-0.15, -0.1) is 0 Å². The van der Waals surface area contributed by atoms with Crippen molar-refractivity contribution in [2.75, 3.05) is 0 Å². The van der Waals surface area contributed by atoms with Gasteiger partial charge in [-0.1, -0.05) is 48.0 Å². The zero-order valence-corrected chi connectivity index (χ0v) is 33.6. The molecule has 0 aliphatic rings. The van der Waals surface area contributed by atoms with Crippen molar-refractivity contribution in [3.63, 3.8) is 0 Å². The topological polar surface area (TPSA) is 80.7 Å². The standard InChI is InChI=1S/C39H72O3S.H2O.O.Ti/c1-31(2)24-18-12-9-15-21-27-35-36(28-22-16-10-13-19-25-32(3)4)38(34(7)8)30-39(43(40,41)42)37(35)29-23-17-11-14-20-26-33(5)6;;;/h30-34H,9-29H2,1-8H3,(H,40,41,42);1H2;;/q;;;+2/p-2. The Labute approximate surface area is 292 Å². The predicted molar refractivity (Wildman–Crippen MR) is 190 cm³/mol. The molecular formula is C39H72O5STi. The van der Waals surface area contributed by atoms with Crippen LogP contribution in [0.25, 0.3) is 0 Å². The van der Waals surface area contributed by atoms with Crippen LogP contribution in [0, 0.1) is 17.8 Å². The van der Waals surface area contributed by atoms with Gasteiger partial charge in [0.15, 0.2) is 0 Å². The van der Waals surface area contributed by atoms with Crippen LogP contribution in [0.2, 0.25) is 0 Å². The molecule has 0 saturated carbocycles. The summed E-state index contributed by atoms with van der Waals surface area (Å²) >= 11 is -4.32. The minimum Gasteiger partial charge on any atom is -0.0628 e. The van der Waals surface area contributed by atoms with Gasteiger partial charge in [0, 0.05) is 0 Å². The number of hydrogen-bond donors (Lipinski definition) is 1. The summed E-state index contributed by atoms with van der Waals surface area (Å²) in [6.45, 7) is 18.0. The molecule has 1 aromatic carbocycles. The fraction of sp³-hybridized carbons (Fsp3) is 0.846. The first-order chi connectivity index (χ1) is 21.8. The monoisotopic (exact) mass is 700 g/mol. The molecule has 1 rings (SSSR count). The molecule has 5 nitrogen and oxygen atoms in total. The maximum atomic E-state index is 13.5. The molecule has 0 aromatic heterocycles. The summed E-state index contributed by atoms with van der Waals surface area (Å²) in [6.07, 6.45) is 23.9. The summed E-state index contributed by atoms with van der Waals surface area (Å²) in [5.74, 6) is 2.38. The molecule has 0 radical (unpaired) electrons. The number of unbranched alkanes of at least 4 members (excludes halogenated alkanes) is 12. The van der Waals surface area contributed by atoms with Crippen LogP contribution in [-0.4, -0.2) is 12.1 Å². The molecule has 1 N–H and O–H groups in total. The van der Waals surface area contributed by atoms with Crippen LogP contribution in [0.3, 0.4) is 0 Å². The fourth-order valence-electron chi connectivity index (χ4n) is 6.72. The summed E-state index contributed by atoms with van der Waals surface area (Å²) in [6, 6.07) is 1.81. The van der Waals surface area contributed by atoms with Gasteiger partial charge in [0.1, 0.15) is 0 Å². The van der Waals surface area contributed by atoms with E-state index in [9.17, 15) is 15.4 Å². The van der Waals surface area contributed by atoms with Crippen LogP contribution in [0.5, 0.6) is 0 Å². The zero-order valence-electron chi connectivity index (χ0n) is 31.2. The van der Waals surface area contributed by atoms with E-state index in [2.05, 4.69) is 55.4 Å². The predicted octanol–water partition coefficient (Wildman–Crippen LogP) is 11.9. The van der Waals surface area contributed by atoms with Crippen molar-refractivity contribution in [1.82, 2.24) is 0 Å². The molecular weight excluding hydrogens is 628 g/mol. The first-order valence-corrected chi connectivity index (χ1v) is 22.5. The number of benzene rings is 1. The normalized spacial score (nSPS) is 12.4. The molecule has 1 aromatic rings. The zero-order chi connectivity index (χ0) is 34.5. The van der Waals surface area contributed by atoms with Crippen molar-refractivity contribution in [2.24, 2.45) is 17.8 Å². The molecule has 0 fully saturated rings. The van der Waals surface area contributed by atoms with Crippen molar-refractivity contribution in [3.8, 4) is 0 Å². The Morgan fingerprint density at radius 2 is 0.913 bits per heavy atom. The Morgan fingerprint density at radius 3 is 1.28 bits per heavy atom. The van der Waals surface area contributed by atoms with Crippen LogP contribution >= 0.6 is 0 Å². The van der Waals surface area contributed by atoms with E-state index in [0.29, 0.717) is 6.42 Å². The van der Waals surface area contributed by atoms with E-state index in [4.69, 9.17) is 2.76 Å². The average Bonchev–Trinajstić information content (AvgIpc) is 2.94. The van der Waals surface area contributed by atoms with Crippen molar-refractivity contribution in [3.05, 3.63) is 28.3 Å². The first kappa shape index (κ1) is 43.6. The van der Waals surface area contributed by atoms with E-state index in [1.165, 1.54) is 88.2 Å². The van der Waals surface area contributed by atoms with E-state index in [-0.39, 0.29) is 10.8 Å². The van der Waals surface area contributed by atoms with Gasteiger partial charge in [-0.3, -0.25) is 0 Å². The Balaban J connectivity index is 3.36. The molecule has 0 saturated heterocycles. The van der Waals surface area contributed by atoms with Crippen LogP contribution < -0.4 is 0 Å². The summed E-state index contributed by atoms with van der Waals surface area (Å²) in [5.41, 5.74) is 4.46. The van der Waals surface area contributed by atoms with E-state index >= 15 is 0 Å². The molecule has 7 heteroatoms. The number of rotatable bonds is 28. The van der Waals surface area contributed by atoms with E-state index in [1.54, 1.807) is 0 Å². The summed E-state index contributed by atoms with van der Waals surface area (Å²) in [7, 11) is -4.33. The molecule has 0 heterocycles. The molecule has 0 bridgehead atoms. The van der Waals surface area contributed by atoms with Gasteiger partial charge in [0.2, 0.25) is 0 Å². The second-order valence-electron chi connectivity index (χ2n) is 15.5. The third-order valence-corrected chi connectivity index (χ3v) is 12.3. The third-order valence-electron chi connectivity index (χ3n) is 9.36. The van der Waals surface area contributed by atoms with Gasteiger partial charge >= 0.3 is 234 Å². The third kappa shape index (κ3) is 19.0. The second-order valence-corrected chi connectivity index (χ2v) is 18.6. The van der Waals surface area contributed by atoms with Gasteiger partial charge in [0.05, 0.1) is 0 Å². The molecule has 0 unspecified atom stereocenters. The number of hydrogen-bond acceptors (Lipinski definition) is 4. The minimum atomic E-state index is -4.33. The van der Waals surface area contributed by atoms with Crippen LogP contribution in [-0.2, 0) is 54.1 Å². The molecule has 0 spiro atoms. The summed E-state index contributed by atoms with van der Waals surface area (Å²) in [4.78, 5) is 0.148. The van der Waals surface area contributed by atoms with Gasteiger partial charge in [-0.25, -0.2) is 0 Å². The molecule has 0 aliphatic carbocycles. The van der Waals surface area contributed by atoms with Crippen LogP contribution in [0.1, 0.15) is 199 Å². The van der Waals surface area contributed by atoms with E-state index in [1.807, 2.05) is 6.07 Å². The average molecular weight is 701 g/mol.